The van der Waals surface area contributed by atoms with E-state index < -0.39 is 6.57 Å². The van der Waals surface area contributed by atoms with Gasteiger partial charge in [0.1, 0.15) is 0 Å². The van der Waals surface area contributed by atoms with Crippen LogP contribution in [-0.2, 0) is 15.8 Å². The zero-order valence-corrected chi connectivity index (χ0v) is 25.3. The van der Waals surface area contributed by atoms with Gasteiger partial charge < -0.3 is 9.84 Å². The standard InChI is InChI=1S/C27H34Cl3N2O3PS/c1-4-7-9-11-14-36(34,35-27-20(13-10-8-5-2)15-22(28)16-23(27)29)37-19-25(33)32-24-18-31-17-21(12-6-3)26(24)30/h6,10,13,15-18H,3-5,7-9,11-12,14,19H2,1-2H3,(H,32,33). The van der Waals surface area contributed by atoms with Crippen molar-refractivity contribution >= 4 is 70.4 Å². The molecule has 1 aromatic heterocycles. The van der Waals surface area contributed by atoms with Crippen molar-refractivity contribution in [2.45, 2.75) is 58.8 Å². The summed E-state index contributed by atoms with van der Waals surface area (Å²) in [7, 11) is 0. The van der Waals surface area contributed by atoms with Crippen LogP contribution in [0.5, 0.6) is 5.75 Å². The molecule has 0 fully saturated rings. The third-order valence-corrected chi connectivity index (χ3v) is 10.7. The summed E-state index contributed by atoms with van der Waals surface area (Å²) in [4.78, 5) is 16.9. The molecule has 1 amide bonds. The normalized spacial score (nSPS) is 12.9. The number of nitrogens with one attached hydrogen (secondary N) is 1. The van der Waals surface area contributed by atoms with E-state index in [1.807, 2.05) is 12.2 Å². The number of rotatable bonds is 16. The first kappa shape index (κ1) is 31.8. The highest BCUT2D eigenvalue weighted by atomic mass is 35.5. The van der Waals surface area contributed by atoms with Gasteiger partial charge in [0.2, 0.25) is 5.91 Å². The molecule has 37 heavy (non-hydrogen) atoms. The Labute approximate surface area is 239 Å². The van der Waals surface area contributed by atoms with E-state index in [0.717, 1.165) is 49.0 Å². The number of nitrogens with zero attached hydrogens (tertiary/aromatic N) is 1. The molecule has 10 heteroatoms. The Hall–Kier alpha value is -1.43. The van der Waals surface area contributed by atoms with Gasteiger partial charge in [-0.2, -0.15) is 0 Å². The number of halogens is 3. The van der Waals surface area contributed by atoms with Gasteiger partial charge in [-0.25, -0.2) is 0 Å². The first-order valence-electron chi connectivity index (χ1n) is 12.3. The summed E-state index contributed by atoms with van der Waals surface area (Å²) in [5.41, 5.74) is 1.81. The van der Waals surface area contributed by atoms with E-state index in [-0.39, 0.29) is 16.7 Å². The molecule has 5 nitrogen and oxygen atoms in total. The van der Waals surface area contributed by atoms with E-state index in [2.05, 4.69) is 30.7 Å². The Balaban J connectivity index is 2.23. The second-order valence-electron chi connectivity index (χ2n) is 8.46. The number of unbranched alkanes of at least 4 members (excludes halogenated alkanes) is 4. The fraction of sp³-hybridized carbons (Fsp3) is 0.407. The lowest BCUT2D eigenvalue weighted by atomic mass is 10.1. The van der Waals surface area contributed by atoms with Crippen LogP contribution in [0.3, 0.4) is 0 Å². The minimum atomic E-state index is -3.35. The smallest absolute Gasteiger partial charge is 0.303 e. The molecule has 0 saturated carbocycles. The van der Waals surface area contributed by atoms with Gasteiger partial charge in [-0.05, 0) is 48.3 Å². The molecule has 1 atom stereocenters. The zero-order chi connectivity index (χ0) is 27.3. The van der Waals surface area contributed by atoms with Gasteiger partial charge in [0.25, 0.3) is 0 Å². The lowest BCUT2D eigenvalue weighted by Crippen LogP contribution is -2.15. The molecule has 1 unspecified atom stereocenters. The summed E-state index contributed by atoms with van der Waals surface area (Å²) in [6.45, 7) is 4.56. The Morgan fingerprint density at radius 3 is 2.65 bits per heavy atom. The molecular weight excluding hydrogens is 570 g/mol. The van der Waals surface area contributed by atoms with Crippen LogP contribution in [0.4, 0.5) is 5.69 Å². The number of carbonyl (C=O) groups is 1. The summed E-state index contributed by atoms with van der Waals surface area (Å²) in [5, 5.41) is 3.91. The number of carbonyl (C=O) groups excluding carboxylic acids is 1. The highest BCUT2D eigenvalue weighted by molar-refractivity contribution is 8.57. The van der Waals surface area contributed by atoms with Crippen molar-refractivity contribution in [3.63, 3.8) is 0 Å². The van der Waals surface area contributed by atoms with Crippen molar-refractivity contribution in [3.05, 3.63) is 69.5 Å². The van der Waals surface area contributed by atoms with Crippen LogP contribution in [0.15, 0.2) is 43.3 Å². The molecule has 2 rings (SSSR count). The predicted molar refractivity (Wildman–Crippen MR) is 162 cm³/mol. The highest BCUT2D eigenvalue weighted by Gasteiger charge is 2.29. The zero-order valence-electron chi connectivity index (χ0n) is 21.3. The molecule has 2 aromatic rings. The fourth-order valence-corrected chi connectivity index (χ4v) is 8.08. The minimum absolute atomic E-state index is 0.0840. The van der Waals surface area contributed by atoms with Gasteiger partial charge in [-0.1, -0.05) is 92.6 Å². The summed E-state index contributed by atoms with van der Waals surface area (Å²) in [6.07, 6.45) is 15.1. The molecule has 1 heterocycles. The van der Waals surface area contributed by atoms with Gasteiger partial charge in [0.05, 0.1) is 27.7 Å². The molecule has 0 aliphatic carbocycles. The van der Waals surface area contributed by atoms with E-state index in [1.165, 1.54) is 6.20 Å². The van der Waals surface area contributed by atoms with Gasteiger partial charge in [-0.3, -0.25) is 14.3 Å². The second-order valence-corrected chi connectivity index (χ2v) is 14.5. The van der Waals surface area contributed by atoms with Crippen molar-refractivity contribution in [2.75, 3.05) is 17.2 Å². The van der Waals surface area contributed by atoms with Gasteiger partial charge in [0.15, 0.2) is 5.75 Å². The number of benzene rings is 1. The largest absolute Gasteiger partial charge is 0.434 e. The summed E-state index contributed by atoms with van der Waals surface area (Å²) >= 11 is 20.1. The van der Waals surface area contributed by atoms with Gasteiger partial charge >= 0.3 is 6.57 Å². The van der Waals surface area contributed by atoms with Gasteiger partial charge in [-0.15, -0.1) is 6.58 Å². The van der Waals surface area contributed by atoms with E-state index in [0.29, 0.717) is 46.0 Å². The SMILES string of the molecule is C=CCc1cncc(NC(=O)CSP(=O)(CCCCCC)Oc2c(Cl)cc(Cl)cc2C=CCCC)c1Cl. The number of hydrogen-bond donors (Lipinski definition) is 1. The van der Waals surface area contributed by atoms with Crippen molar-refractivity contribution in [3.8, 4) is 5.75 Å². The molecular formula is C27H34Cl3N2O3PS. The lowest BCUT2D eigenvalue weighted by molar-refractivity contribution is -0.113. The number of allylic oxidation sites excluding steroid dienone is 2. The van der Waals surface area contributed by atoms with Crippen molar-refractivity contribution < 1.29 is 13.9 Å². The van der Waals surface area contributed by atoms with Crippen LogP contribution in [0.25, 0.3) is 6.08 Å². The molecule has 0 radical (unpaired) electrons. The third kappa shape index (κ3) is 10.7. The first-order valence-corrected chi connectivity index (χ1v) is 16.9. The molecule has 0 aliphatic heterocycles. The quantitative estimate of drug-likeness (QED) is 0.117. The van der Waals surface area contributed by atoms with E-state index in [4.69, 9.17) is 39.3 Å². The number of anilines is 1. The Morgan fingerprint density at radius 2 is 1.95 bits per heavy atom. The van der Waals surface area contributed by atoms with Crippen molar-refractivity contribution in [2.24, 2.45) is 0 Å². The van der Waals surface area contributed by atoms with Crippen LogP contribution in [0.2, 0.25) is 15.1 Å². The molecule has 1 N–H and O–H groups in total. The Bertz CT molecular complexity index is 1140. The van der Waals surface area contributed by atoms with Crippen molar-refractivity contribution in [1.82, 2.24) is 4.98 Å². The van der Waals surface area contributed by atoms with E-state index >= 15 is 0 Å². The number of hydrogen-bond acceptors (Lipinski definition) is 5. The number of amides is 1. The van der Waals surface area contributed by atoms with E-state index in [1.54, 1.807) is 24.4 Å². The summed E-state index contributed by atoms with van der Waals surface area (Å²) in [6, 6.07) is 3.30. The summed E-state index contributed by atoms with van der Waals surface area (Å²) in [5.74, 6) is -0.124. The topological polar surface area (TPSA) is 68.3 Å². The van der Waals surface area contributed by atoms with Crippen LogP contribution < -0.4 is 9.84 Å². The average molecular weight is 604 g/mol. The van der Waals surface area contributed by atoms with E-state index in [9.17, 15) is 9.36 Å². The van der Waals surface area contributed by atoms with Crippen LogP contribution in [-0.4, -0.2) is 22.8 Å². The van der Waals surface area contributed by atoms with Crippen molar-refractivity contribution in [1.29, 1.82) is 0 Å². The van der Waals surface area contributed by atoms with Gasteiger partial charge in [0, 0.05) is 22.9 Å². The molecule has 1 aromatic carbocycles. The highest BCUT2D eigenvalue weighted by Crippen LogP contribution is 2.61. The third-order valence-electron chi connectivity index (χ3n) is 5.29. The molecule has 0 aliphatic rings. The average Bonchev–Trinajstić information content (AvgIpc) is 2.86. The Morgan fingerprint density at radius 1 is 1.16 bits per heavy atom. The number of pyridine rings is 1. The van der Waals surface area contributed by atoms with Crippen LogP contribution in [0.1, 0.15) is 63.5 Å². The monoisotopic (exact) mass is 602 g/mol. The Kier molecular flexibility index (Phi) is 14.2. The maximum absolute atomic E-state index is 14.0. The molecule has 0 spiro atoms. The second kappa shape index (κ2) is 16.5. The minimum Gasteiger partial charge on any atom is -0.434 e. The maximum atomic E-state index is 14.0. The molecule has 202 valence electrons. The van der Waals surface area contributed by atoms with Crippen LogP contribution >= 0.6 is 52.8 Å². The number of aromatic nitrogens is 1. The lowest BCUT2D eigenvalue weighted by Gasteiger charge is -2.21. The molecule has 0 saturated heterocycles. The summed E-state index contributed by atoms with van der Waals surface area (Å²) < 4.78 is 20.2. The predicted octanol–water partition coefficient (Wildman–Crippen LogP) is 10.1. The fourth-order valence-electron chi connectivity index (χ4n) is 3.40. The van der Waals surface area contributed by atoms with Crippen LogP contribution in [0, 0.1) is 0 Å². The maximum Gasteiger partial charge on any atom is 0.303 e. The molecule has 0 bridgehead atoms. The first-order chi connectivity index (χ1) is 17.7.